The molecule has 0 spiro atoms. The molecule has 0 aromatic heterocycles. The Morgan fingerprint density at radius 2 is 2.18 bits per heavy atom. The normalized spacial score (nSPS) is 26.5. The van der Waals surface area contributed by atoms with Gasteiger partial charge in [-0.3, -0.25) is 9.69 Å². The monoisotopic (exact) mass is 156 g/mol. The average Bonchev–Trinajstić information content (AvgIpc) is 2.13. The molecule has 1 aliphatic heterocycles. The molecule has 0 unspecified atom stereocenters. The Labute approximate surface area is 67.8 Å². The molecule has 3 nitrogen and oxygen atoms in total. The second-order valence-electron chi connectivity index (χ2n) is 3.27. The first-order chi connectivity index (χ1) is 5.22. The predicted molar refractivity (Wildman–Crippen MR) is 44.3 cm³/mol. The minimum atomic E-state index is 0.0949. The second kappa shape index (κ2) is 3.72. The topological polar surface area (TPSA) is 32.3 Å². The lowest BCUT2D eigenvalue weighted by atomic mass is 10.1. The van der Waals surface area contributed by atoms with Crippen molar-refractivity contribution in [3.05, 3.63) is 0 Å². The van der Waals surface area contributed by atoms with E-state index in [1.165, 1.54) is 0 Å². The highest BCUT2D eigenvalue weighted by Gasteiger charge is 2.21. The molecule has 0 bridgehead atoms. The number of hydrogen-bond donors (Lipinski definition) is 1. The number of amides is 1. The van der Waals surface area contributed by atoms with Crippen LogP contribution < -0.4 is 5.32 Å². The molecular formula is C8H16N2O. The van der Waals surface area contributed by atoms with Crippen molar-refractivity contribution in [2.45, 2.75) is 25.3 Å². The van der Waals surface area contributed by atoms with E-state index in [0.717, 1.165) is 25.8 Å². The zero-order chi connectivity index (χ0) is 8.27. The van der Waals surface area contributed by atoms with Crippen molar-refractivity contribution in [2.24, 2.45) is 0 Å². The summed E-state index contributed by atoms with van der Waals surface area (Å²) in [6.07, 6.45) is 3.27. The Morgan fingerprint density at radius 1 is 1.45 bits per heavy atom. The number of carbonyl (C=O) groups excluding carboxylic acids is 1. The fourth-order valence-corrected chi connectivity index (χ4v) is 1.42. The van der Waals surface area contributed by atoms with Gasteiger partial charge in [0.15, 0.2) is 0 Å². The van der Waals surface area contributed by atoms with Crippen molar-refractivity contribution in [1.29, 1.82) is 0 Å². The molecule has 64 valence electrons. The van der Waals surface area contributed by atoms with Crippen LogP contribution in [-0.4, -0.2) is 37.5 Å². The molecule has 0 radical (unpaired) electrons. The number of likely N-dealkylation sites (N-methyl/N-ethyl adjacent to an activating group) is 1. The van der Waals surface area contributed by atoms with E-state index in [-0.39, 0.29) is 11.9 Å². The largest absolute Gasteiger partial charge is 0.355 e. The molecule has 1 saturated heterocycles. The smallest absolute Gasteiger partial charge is 0.237 e. The number of carbonyl (C=O) groups is 1. The molecule has 1 rings (SSSR count). The van der Waals surface area contributed by atoms with E-state index >= 15 is 0 Å². The summed E-state index contributed by atoms with van der Waals surface area (Å²) in [5.74, 6) is 0.188. The Hall–Kier alpha value is -0.570. The molecule has 1 aliphatic rings. The fourth-order valence-electron chi connectivity index (χ4n) is 1.42. The van der Waals surface area contributed by atoms with Gasteiger partial charge in [0.1, 0.15) is 0 Å². The summed E-state index contributed by atoms with van der Waals surface area (Å²) in [5, 5.41) is 2.90. The third-order valence-electron chi connectivity index (χ3n) is 2.13. The highest BCUT2D eigenvalue weighted by molar-refractivity contribution is 5.81. The maximum Gasteiger partial charge on any atom is 0.237 e. The number of nitrogens with one attached hydrogen (secondary N) is 1. The molecule has 11 heavy (non-hydrogen) atoms. The van der Waals surface area contributed by atoms with Crippen LogP contribution in [0.2, 0.25) is 0 Å². The maximum absolute atomic E-state index is 11.3. The SMILES string of the molecule is CN(C)[C@H]1CCCCNC1=O. The molecule has 1 atom stereocenters. The van der Waals surface area contributed by atoms with Crippen LogP contribution >= 0.6 is 0 Å². The van der Waals surface area contributed by atoms with Crippen molar-refractivity contribution in [1.82, 2.24) is 10.2 Å². The molecule has 1 amide bonds. The summed E-state index contributed by atoms with van der Waals surface area (Å²) >= 11 is 0. The predicted octanol–water partition coefficient (Wildman–Crippen LogP) is 0.217. The summed E-state index contributed by atoms with van der Waals surface area (Å²) in [6.45, 7) is 0.850. The maximum atomic E-state index is 11.3. The Bertz CT molecular complexity index is 145. The van der Waals surface area contributed by atoms with Crippen LogP contribution in [0.4, 0.5) is 0 Å². The van der Waals surface area contributed by atoms with E-state index in [0.29, 0.717) is 0 Å². The van der Waals surface area contributed by atoms with Gasteiger partial charge in [-0.2, -0.15) is 0 Å². The van der Waals surface area contributed by atoms with Gasteiger partial charge in [0.05, 0.1) is 6.04 Å². The van der Waals surface area contributed by atoms with E-state index < -0.39 is 0 Å². The van der Waals surface area contributed by atoms with Crippen molar-refractivity contribution < 1.29 is 4.79 Å². The quantitative estimate of drug-likeness (QED) is 0.589. The first-order valence-corrected chi connectivity index (χ1v) is 4.16. The van der Waals surface area contributed by atoms with Crippen molar-refractivity contribution >= 4 is 5.91 Å². The van der Waals surface area contributed by atoms with Gasteiger partial charge in [-0.05, 0) is 33.4 Å². The summed E-state index contributed by atoms with van der Waals surface area (Å²) in [7, 11) is 3.91. The lowest BCUT2D eigenvalue weighted by Crippen LogP contribution is -2.41. The van der Waals surface area contributed by atoms with Crippen LogP contribution in [0.25, 0.3) is 0 Å². The molecule has 0 aromatic carbocycles. The molecule has 1 N–H and O–H groups in total. The van der Waals surface area contributed by atoms with E-state index in [1.807, 2.05) is 19.0 Å². The first kappa shape index (κ1) is 8.53. The third kappa shape index (κ3) is 2.19. The third-order valence-corrected chi connectivity index (χ3v) is 2.13. The number of hydrogen-bond acceptors (Lipinski definition) is 2. The van der Waals surface area contributed by atoms with Crippen LogP contribution in [0.15, 0.2) is 0 Å². The van der Waals surface area contributed by atoms with Crippen LogP contribution in [0.5, 0.6) is 0 Å². The summed E-state index contributed by atoms with van der Waals surface area (Å²) < 4.78 is 0. The van der Waals surface area contributed by atoms with E-state index in [1.54, 1.807) is 0 Å². The zero-order valence-corrected chi connectivity index (χ0v) is 7.26. The Balaban J connectivity index is 2.52. The highest BCUT2D eigenvalue weighted by Crippen LogP contribution is 2.08. The molecule has 0 aromatic rings. The summed E-state index contributed by atoms with van der Waals surface area (Å²) in [5.41, 5.74) is 0. The van der Waals surface area contributed by atoms with Crippen molar-refractivity contribution in [3.8, 4) is 0 Å². The van der Waals surface area contributed by atoms with Gasteiger partial charge in [0.2, 0.25) is 5.91 Å². The Morgan fingerprint density at radius 3 is 2.82 bits per heavy atom. The summed E-state index contributed by atoms with van der Waals surface area (Å²) in [4.78, 5) is 13.3. The minimum Gasteiger partial charge on any atom is -0.355 e. The number of rotatable bonds is 1. The van der Waals surface area contributed by atoms with E-state index in [2.05, 4.69) is 5.32 Å². The minimum absolute atomic E-state index is 0.0949. The standard InChI is InChI=1S/C8H16N2O/c1-10(2)7-5-3-4-6-9-8(7)11/h7H,3-6H2,1-2H3,(H,9,11)/t7-/m0/s1. The van der Waals surface area contributed by atoms with Crippen LogP contribution in [-0.2, 0) is 4.79 Å². The molecule has 0 saturated carbocycles. The zero-order valence-electron chi connectivity index (χ0n) is 7.26. The molecular weight excluding hydrogens is 140 g/mol. The molecule has 1 fully saturated rings. The summed E-state index contributed by atoms with van der Waals surface area (Å²) in [6, 6.07) is 0.0949. The fraction of sp³-hybridized carbons (Fsp3) is 0.875. The lowest BCUT2D eigenvalue weighted by Gasteiger charge is -2.20. The van der Waals surface area contributed by atoms with Gasteiger partial charge in [0, 0.05) is 6.54 Å². The first-order valence-electron chi connectivity index (χ1n) is 4.16. The molecule has 3 heteroatoms. The van der Waals surface area contributed by atoms with Gasteiger partial charge in [-0.25, -0.2) is 0 Å². The van der Waals surface area contributed by atoms with Crippen LogP contribution in [0.1, 0.15) is 19.3 Å². The van der Waals surface area contributed by atoms with Gasteiger partial charge in [-0.1, -0.05) is 0 Å². The van der Waals surface area contributed by atoms with Gasteiger partial charge < -0.3 is 5.32 Å². The molecule has 0 aliphatic carbocycles. The Kier molecular flexibility index (Phi) is 2.88. The van der Waals surface area contributed by atoms with Gasteiger partial charge in [0.25, 0.3) is 0 Å². The van der Waals surface area contributed by atoms with Gasteiger partial charge in [-0.15, -0.1) is 0 Å². The lowest BCUT2D eigenvalue weighted by molar-refractivity contribution is -0.125. The van der Waals surface area contributed by atoms with Crippen molar-refractivity contribution in [2.75, 3.05) is 20.6 Å². The number of nitrogens with zero attached hydrogens (tertiary/aromatic N) is 1. The van der Waals surface area contributed by atoms with E-state index in [9.17, 15) is 4.79 Å². The second-order valence-corrected chi connectivity index (χ2v) is 3.27. The van der Waals surface area contributed by atoms with Gasteiger partial charge >= 0.3 is 0 Å². The molecule has 1 heterocycles. The highest BCUT2D eigenvalue weighted by atomic mass is 16.2. The van der Waals surface area contributed by atoms with E-state index in [4.69, 9.17) is 0 Å². The van der Waals surface area contributed by atoms with Crippen LogP contribution in [0.3, 0.4) is 0 Å². The average molecular weight is 156 g/mol. The van der Waals surface area contributed by atoms with Crippen LogP contribution in [0, 0.1) is 0 Å². The van der Waals surface area contributed by atoms with Crippen molar-refractivity contribution in [3.63, 3.8) is 0 Å².